The first kappa shape index (κ1) is 20.9. The molecule has 138 valence electrons. The molecule has 0 saturated heterocycles. The number of hydrogen-bond donors (Lipinski definition) is 1. The molecule has 0 radical (unpaired) electrons. The summed E-state index contributed by atoms with van der Waals surface area (Å²) < 4.78 is 2.89. The Kier molecular flexibility index (Phi) is 7.36. The highest BCUT2D eigenvalue weighted by Gasteiger charge is 2.09. The quantitative estimate of drug-likeness (QED) is 0.616. The van der Waals surface area contributed by atoms with E-state index in [-0.39, 0.29) is 24.7 Å². The molecular formula is C19H16BrClN4OS. The van der Waals surface area contributed by atoms with E-state index in [1.54, 1.807) is 24.3 Å². The number of anilines is 1. The molecule has 0 bridgehead atoms. The Hall–Kier alpha value is -2.40. The summed E-state index contributed by atoms with van der Waals surface area (Å²) in [7, 11) is 1.90. The predicted octanol–water partition coefficient (Wildman–Crippen LogP) is 4.56. The van der Waals surface area contributed by atoms with Gasteiger partial charge in [0.05, 0.1) is 23.7 Å². The summed E-state index contributed by atoms with van der Waals surface area (Å²) in [6, 6.07) is 16.6. The number of nitriles is 1. The van der Waals surface area contributed by atoms with Crippen molar-refractivity contribution < 1.29 is 4.79 Å². The zero-order valence-electron chi connectivity index (χ0n) is 14.3. The van der Waals surface area contributed by atoms with Crippen LogP contribution in [0.15, 0.2) is 63.4 Å². The van der Waals surface area contributed by atoms with Gasteiger partial charge >= 0.3 is 0 Å². The van der Waals surface area contributed by atoms with E-state index in [4.69, 9.17) is 5.26 Å². The van der Waals surface area contributed by atoms with Gasteiger partial charge in [0.15, 0.2) is 4.80 Å². The lowest BCUT2D eigenvalue weighted by molar-refractivity contribution is -0.115. The van der Waals surface area contributed by atoms with Crippen LogP contribution in [0.25, 0.3) is 0 Å². The second-order valence-electron chi connectivity index (χ2n) is 5.57. The van der Waals surface area contributed by atoms with Crippen LogP contribution in [0.4, 0.5) is 11.4 Å². The molecule has 27 heavy (non-hydrogen) atoms. The zero-order valence-corrected chi connectivity index (χ0v) is 17.6. The third-order valence-electron chi connectivity index (χ3n) is 3.69. The van der Waals surface area contributed by atoms with Gasteiger partial charge in [-0.15, -0.1) is 23.7 Å². The van der Waals surface area contributed by atoms with Gasteiger partial charge in [0.1, 0.15) is 0 Å². The predicted molar refractivity (Wildman–Crippen MR) is 113 cm³/mol. The average Bonchev–Trinajstić information content (AvgIpc) is 2.96. The first-order valence-corrected chi connectivity index (χ1v) is 9.46. The second-order valence-corrected chi connectivity index (χ2v) is 7.33. The fourth-order valence-electron chi connectivity index (χ4n) is 2.32. The van der Waals surface area contributed by atoms with Crippen LogP contribution >= 0.6 is 39.7 Å². The van der Waals surface area contributed by atoms with Crippen molar-refractivity contribution in [2.75, 3.05) is 5.32 Å². The molecule has 0 atom stereocenters. The number of carbonyl (C=O) groups excluding carboxylic acids is 1. The lowest BCUT2D eigenvalue weighted by atomic mass is 10.2. The van der Waals surface area contributed by atoms with E-state index in [1.807, 2.05) is 41.3 Å². The first-order valence-electron chi connectivity index (χ1n) is 7.79. The van der Waals surface area contributed by atoms with E-state index >= 15 is 0 Å². The molecule has 3 aromatic rings. The summed E-state index contributed by atoms with van der Waals surface area (Å²) in [6.45, 7) is 0. The van der Waals surface area contributed by atoms with Crippen LogP contribution in [0.2, 0.25) is 0 Å². The van der Waals surface area contributed by atoms with Gasteiger partial charge in [0.2, 0.25) is 5.91 Å². The number of rotatable bonds is 4. The Bertz CT molecular complexity index is 1050. The maximum absolute atomic E-state index is 12.3. The van der Waals surface area contributed by atoms with E-state index in [0.29, 0.717) is 11.3 Å². The van der Waals surface area contributed by atoms with Crippen LogP contribution in [0.5, 0.6) is 0 Å². The summed E-state index contributed by atoms with van der Waals surface area (Å²) in [5, 5.41) is 13.6. The van der Waals surface area contributed by atoms with Crippen molar-refractivity contribution in [2.24, 2.45) is 12.0 Å². The Morgan fingerprint density at radius 1 is 1.30 bits per heavy atom. The average molecular weight is 464 g/mol. The third kappa shape index (κ3) is 5.54. The number of amides is 1. The van der Waals surface area contributed by atoms with Crippen LogP contribution < -0.4 is 10.1 Å². The monoisotopic (exact) mass is 462 g/mol. The van der Waals surface area contributed by atoms with Gasteiger partial charge < -0.3 is 9.88 Å². The molecule has 1 N–H and O–H groups in total. The number of nitrogens with one attached hydrogen (secondary N) is 1. The standard InChI is InChI=1S/C19H15BrN4OS.ClH/c1-24-17(10-18(25)22-15-7-5-13(11-21)6-8-15)12-26-19(24)23-16-4-2-3-14(20)9-16;/h2-9,12H,10H2,1H3,(H,22,25);1H. The maximum atomic E-state index is 12.3. The van der Waals surface area contributed by atoms with Crippen molar-refractivity contribution in [3.63, 3.8) is 0 Å². The fraction of sp³-hybridized carbons (Fsp3) is 0.105. The van der Waals surface area contributed by atoms with Crippen molar-refractivity contribution in [1.82, 2.24) is 4.57 Å². The lowest BCUT2D eigenvalue weighted by Crippen LogP contribution is -2.19. The first-order chi connectivity index (χ1) is 12.5. The molecular weight excluding hydrogens is 448 g/mol. The smallest absolute Gasteiger partial charge is 0.230 e. The molecule has 0 aliphatic rings. The second kappa shape index (κ2) is 9.51. The molecule has 0 spiro atoms. The van der Waals surface area contributed by atoms with Gasteiger partial charge in [-0.1, -0.05) is 22.0 Å². The molecule has 0 saturated carbocycles. The van der Waals surface area contributed by atoms with Crippen molar-refractivity contribution in [3.8, 4) is 6.07 Å². The van der Waals surface area contributed by atoms with Gasteiger partial charge in [-0.05, 0) is 42.5 Å². The SMILES string of the molecule is Cl.Cn1c(CC(=O)Nc2ccc(C#N)cc2)csc1=Nc1cccc(Br)c1. The number of carbonyl (C=O) groups is 1. The van der Waals surface area contributed by atoms with Gasteiger partial charge in [-0.25, -0.2) is 4.99 Å². The van der Waals surface area contributed by atoms with E-state index in [2.05, 4.69) is 32.3 Å². The molecule has 5 nitrogen and oxygen atoms in total. The van der Waals surface area contributed by atoms with Gasteiger partial charge in [0.25, 0.3) is 0 Å². The minimum Gasteiger partial charge on any atom is -0.326 e. The summed E-state index contributed by atoms with van der Waals surface area (Å²) in [4.78, 5) is 17.7. The Balaban J connectivity index is 0.00000261. The topological polar surface area (TPSA) is 70.2 Å². The number of thiazole rings is 1. The molecule has 1 heterocycles. The van der Waals surface area contributed by atoms with E-state index < -0.39 is 0 Å². The molecule has 2 aromatic carbocycles. The van der Waals surface area contributed by atoms with Crippen molar-refractivity contribution in [1.29, 1.82) is 5.26 Å². The number of halogens is 2. The molecule has 1 aromatic heterocycles. The van der Waals surface area contributed by atoms with Gasteiger partial charge in [-0.2, -0.15) is 5.26 Å². The van der Waals surface area contributed by atoms with Crippen molar-refractivity contribution >= 4 is 57.0 Å². The lowest BCUT2D eigenvalue weighted by Gasteiger charge is -2.06. The Labute approximate surface area is 175 Å². The molecule has 0 aliphatic heterocycles. The largest absolute Gasteiger partial charge is 0.326 e. The van der Waals surface area contributed by atoms with Gasteiger partial charge in [-0.3, -0.25) is 4.79 Å². The highest BCUT2D eigenvalue weighted by atomic mass is 79.9. The van der Waals surface area contributed by atoms with E-state index in [1.165, 1.54) is 11.3 Å². The van der Waals surface area contributed by atoms with E-state index in [9.17, 15) is 4.79 Å². The number of hydrogen-bond acceptors (Lipinski definition) is 4. The van der Waals surface area contributed by atoms with Crippen LogP contribution in [0.3, 0.4) is 0 Å². The molecule has 0 unspecified atom stereocenters. The van der Waals surface area contributed by atoms with E-state index in [0.717, 1.165) is 20.7 Å². The molecule has 8 heteroatoms. The Morgan fingerprint density at radius 3 is 2.70 bits per heavy atom. The van der Waals surface area contributed by atoms with Crippen LogP contribution in [-0.4, -0.2) is 10.5 Å². The number of benzene rings is 2. The van der Waals surface area contributed by atoms with Crippen LogP contribution in [0.1, 0.15) is 11.3 Å². The van der Waals surface area contributed by atoms with Crippen molar-refractivity contribution in [3.05, 3.63) is 74.4 Å². The third-order valence-corrected chi connectivity index (χ3v) is 5.15. The molecule has 0 aliphatic carbocycles. The maximum Gasteiger partial charge on any atom is 0.230 e. The minimum absolute atomic E-state index is 0. The summed E-state index contributed by atoms with van der Waals surface area (Å²) in [6.07, 6.45) is 0.251. The number of aromatic nitrogens is 1. The van der Waals surface area contributed by atoms with Gasteiger partial charge in [0, 0.05) is 28.3 Å². The molecule has 3 rings (SSSR count). The normalized spacial score (nSPS) is 10.8. The fourth-order valence-corrected chi connectivity index (χ4v) is 3.62. The zero-order chi connectivity index (χ0) is 18.5. The summed E-state index contributed by atoms with van der Waals surface area (Å²) >= 11 is 4.93. The van der Waals surface area contributed by atoms with Crippen LogP contribution in [-0.2, 0) is 18.3 Å². The number of nitrogens with zero attached hydrogens (tertiary/aromatic N) is 3. The minimum atomic E-state index is -0.114. The summed E-state index contributed by atoms with van der Waals surface area (Å²) in [5.74, 6) is -0.114. The highest BCUT2D eigenvalue weighted by Crippen LogP contribution is 2.18. The van der Waals surface area contributed by atoms with Crippen molar-refractivity contribution in [2.45, 2.75) is 6.42 Å². The molecule has 1 amide bonds. The Morgan fingerprint density at radius 2 is 2.04 bits per heavy atom. The summed E-state index contributed by atoms with van der Waals surface area (Å²) in [5.41, 5.74) is 2.97. The highest BCUT2D eigenvalue weighted by molar-refractivity contribution is 9.10. The van der Waals surface area contributed by atoms with Crippen LogP contribution in [0, 0.1) is 11.3 Å². The molecule has 0 fully saturated rings.